The van der Waals surface area contributed by atoms with Crippen LogP contribution in [0.1, 0.15) is 21.9 Å². The Labute approximate surface area is 179 Å². The normalized spacial score (nSPS) is 11.8. The Hall–Kier alpha value is -2.42. The molecule has 0 spiro atoms. The Bertz CT molecular complexity index is 947. The van der Waals surface area contributed by atoms with Gasteiger partial charge in [0.1, 0.15) is 5.25 Å². The number of nitrogens with zero attached hydrogens (tertiary/aromatic N) is 2. The van der Waals surface area contributed by atoms with Crippen molar-refractivity contribution in [1.29, 1.82) is 0 Å². The van der Waals surface area contributed by atoms with E-state index >= 15 is 0 Å². The summed E-state index contributed by atoms with van der Waals surface area (Å²) in [6.07, 6.45) is 0. The van der Waals surface area contributed by atoms with Gasteiger partial charge in [-0.15, -0.1) is 10.2 Å². The van der Waals surface area contributed by atoms with Gasteiger partial charge in [-0.05, 0) is 36.6 Å². The van der Waals surface area contributed by atoms with E-state index in [1.165, 1.54) is 23.1 Å². The fourth-order valence-corrected chi connectivity index (χ4v) is 4.63. The van der Waals surface area contributed by atoms with E-state index in [9.17, 15) is 4.79 Å². The number of rotatable bonds is 9. The second-order valence-electron chi connectivity index (χ2n) is 6.51. The zero-order valence-electron chi connectivity index (χ0n) is 16.6. The van der Waals surface area contributed by atoms with Gasteiger partial charge in [0.25, 0.3) is 0 Å². The van der Waals surface area contributed by atoms with Crippen LogP contribution in [0.25, 0.3) is 0 Å². The van der Waals surface area contributed by atoms with Crippen molar-refractivity contribution in [3.8, 4) is 0 Å². The topological polar surface area (TPSA) is 76.1 Å². The number of carbonyl (C=O) groups excluding carboxylic acids is 1. The fraction of sp³-hybridized carbons (Fsp3) is 0.286. The molecule has 0 bridgehead atoms. The summed E-state index contributed by atoms with van der Waals surface area (Å²) in [6.45, 7) is 5.25. The van der Waals surface area contributed by atoms with Crippen molar-refractivity contribution in [2.24, 2.45) is 0 Å². The van der Waals surface area contributed by atoms with Gasteiger partial charge in [0.2, 0.25) is 11.0 Å². The van der Waals surface area contributed by atoms with Crippen LogP contribution in [0.3, 0.4) is 0 Å². The third-order valence-corrected chi connectivity index (χ3v) is 6.42. The minimum absolute atomic E-state index is 0.0843. The van der Waals surface area contributed by atoms with Crippen molar-refractivity contribution in [3.05, 3.63) is 65.2 Å². The van der Waals surface area contributed by atoms with Crippen LogP contribution in [0, 0.1) is 13.8 Å². The van der Waals surface area contributed by atoms with E-state index in [-0.39, 0.29) is 5.91 Å². The van der Waals surface area contributed by atoms with Gasteiger partial charge in [-0.2, -0.15) is 0 Å². The number of thioether (sulfide) groups is 1. The number of hydrogen-bond acceptors (Lipinski definition) is 7. The summed E-state index contributed by atoms with van der Waals surface area (Å²) in [4.78, 5) is 13.2. The lowest BCUT2D eigenvalue weighted by molar-refractivity contribution is -0.115. The minimum atomic E-state index is -0.434. The smallest absolute Gasteiger partial charge is 0.242 e. The quantitative estimate of drug-likeness (QED) is 0.380. The fourth-order valence-electron chi connectivity index (χ4n) is 2.66. The van der Waals surface area contributed by atoms with Crippen molar-refractivity contribution in [2.75, 3.05) is 30.9 Å². The first-order chi connectivity index (χ1) is 14.1. The maximum atomic E-state index is 13.2. The van der Waals surface area contributed by atoms with Crippen molar-refractivity contribution in [3.63, 3.8) is 0 Å². The number of methoxy groups -OCH3 is 1. The number of carbonyl (C=O) groups is 1. The van der Waals surface area contributed by atoms with Crippen LogP contribution in [0.5, 0.6) is 0 Å². The number of hydrogen-bond donors (Lipinski definition) is 2. The van der Waals surface area contributed by atoms with Crippen LogP contribution in [0.4, 0.5) is 10.8 Å². The molecular formula is C21H24N4O2S2. The maximum absolute atomic E-state index is 13.2. The summed E-state index contributed by atoms with van der Waals surface area (Å²) < 4.78 is 5.77. The van der Waals surface area contributed by atoms with Crippen molar-refractivity contribution < 1.29 is 9.53 Å². The molecule has 0 aliphatic heterocycles. The Morgan fingerprint density at radius 1 is 1.17 bits per heavy atom. The van der Waals surface area contributed by atoms with Crippen LogP contribution in [0.2, 0.25) is 0 Å². The molecule has 3 rings (SSSR count). The molecule has 2 N–H and O–H groups in total. The van der Waals surface area contributed by atoms with Gasteiger partial charge >= 0.3 is 0 Å². The molecule has 1 aromatic heterocycles. The SMILES string of the molecule is COCCNc1nnc(SC(C(=O)Nc2cc(C)ccc2C)c2ccccc2)s1. The Morgan fingerprint density at radius 2 is 1.97 bits per heavy atom. The predicted octanol–water partition coefficient (Wildman–Crippen LogP) is 4.69. The number of aryl methyl sites for hydroxylation is 2. The summed E-state index contributed by atoms with van der Waals surface area (Å²) in [5, 5.41) is 14.9. The van der Waals surface area contributed by atoms with E-state index in [4.69, 9.17) is 4.74 Å². The average Bonchev–Trinajstić information content (AvgIpc) is 3.17. The highest BCUT2D eigenvalue weighted by atomic mass is 32.2. The first-order valence-corrected chi connectivity index (χ1v) is 10.9. The van der Waals surface area contributed by atoms with Crippen molar-refractivity contribution in [2.45, 2.75) is 23.4 Å². The monoisotopic (exact) mass is 428 g/mol. The van der Waals surface area contributed by atoms with Crippen molar-refractivity contribution in [1.82, 2.24) is 10.2 Å². The van der Waals surface area contributed by atoms with E-state index in [0.717, 1.165) is 26.7 Å². The summed E-state index contributed by atoms with van der Waals surface area (Å²) >= 11 is 2.83. The Balaban J connectivity index is 1.78. The lowest BCUT2D eigenvalue weighted by Gasteiger charge is -2.17. The second kappa shape index (κ2) is 10.4. The molecule has 1 heterocycles. The van der Waals surface area contributed by atoms with Crippen LogP contribution in [-0.4, -0.2) is 36.4 Å². The summed E-state index contributed by atoms with van der Waals surface area (Å²) in [5.74, 6) is -0.0843. The van der Waals surface area contributed by atoms with Crippen molar-refractivity contribution >= 4 is 39.8 Å². The molecule has 29 heavy (non-hydrogen) atoms. The Kier molecular flexibility index (Phi) is 7.62. The maximum Gasteiger partial charge on any atom is 0.242 e. The van der Waals surface area contributed by atoms with Gasteiger partial charge in [-0.3, -0.25) is 4.79 Å². The highest BCUT2D eigenvalue weighted by Crippen LogP contribution is 2.38. The zero-order chi connectivity index (χ0) is 20.6. The summed E-state index contributed by atoms with van der Waals surface area (Å²) in [6, 6.07) is 15.8. The Morgan fingerprint density at radius 3 is 2.72 bits per heavy atom. The number of nitrogens with one attached hydrogen (secondary N) is 2. The van der Waals surface area contributed by atoms with Gasteiger partial charge in [0.15, 0.2) is 4.34 Å². The first kappa shape index (κ1) is 21.3. The molecule has 0 aliphatic rings. The number of amides is 1. The summed E-state index contributed by atoms with van der Waals surface area (Å²) in [7, 11) is 1.65. The standard InChI is InChI=1S/C21H24N4O2S2/c1-14-9-10-15(2)17(13-14)23-19(26)18(16-7-5-4-6-8-16)28-21-25-24-20(29-21)22-11-12-27-3/h4-10,13,18H,11-12H2,1-3H3,(H,22,24)(H,23,26). The molecule has 1 amide bonds. The van der Waals surface area contributed by atoms with Crippen LogP contribution in [-0.2, 0) is 9.53 Å². The van der Waals surface area contributed by atoms with Gasteiger partial charge in [0.05, 0.1) is 6.61 Å². The van der Waals surface area contributed by atoms with E-state index in [0.29, 0.717) is 18.3 Å². The van der Waals surface area contributed by atoms with Crippen LogP contribution >= 0.6 is 23.1 Å². The highest BCUT2D eigenvalue weighted by molar-refractivity contribution is 8.02. The van der Waals surface area contributed by atoms with Crippen LogP contribution in [0.15, 0.2) is 52.9 Å². The van der Waals surface area contributed by atoms with Gasteiger partial charge in [-0.1, -0.05) is 65.6 Å². The molecule has 8 heteroatoms. The second-order valence-corrected chi connectivity index (χ2v) is 8.84. The lowest BCUT2D eigenvalue weighted by Crippen LogP contribution is -2.19. The summed E-state index contributed by atoms with van der Waals surface area (Å²) in [5.41, 5.74) is 3.88. The largest absolute Gasteiger partial charge is 0.383 e. The van der Waals surface area contributed by atoms with Crippen LogP contribution < -0.4 is 10.6 Å². The molecule has 3 aromatic rings. The number of ether oxygens (including phenoxy) is 1. The molecule has 0 fully saturated rings. The molecular weight excluding hydrogens is 404 g/mol. The minimum Gasteiger partial charge on any atom is -0.383 e. The van der Waals surface area contributed by atoms with E-state index in [1.54, 1.807) is 7.11 Å². The molecule has 0 radical (unpaired) electrons. The van der Waals surface area contributed by atoms with E-state index < -0.39 is 5.25 Å². The van der Waals surface area contributed by atoms with Gasteiger partial charge in [0, 0.05) is 19.3 Å². The van der Waals surface area contributed by atoms with Gasteiger partial charge in [-0.25, -0.2) is 0 Å². The predicted molar refractivity (Wildman–Crippen MR) is 120 cm³/mol. The lowest BCUT2D eigenvalue weighted by atomic mass is 10.1. The van der Waals surface area contributed by atoms with E-state index in [2.05, 4.69) is 20.8 Å². The molecule has 0 saturated heterocycles. The number of benzene rings is 2. The van der Waals surface area contributed by atoms with E-state index in [1.807, 2.05) is 62.4 Å². The molecule has 2 aromatic carbocycles. The third-order valence-electron chi connectivity index (χ3n) is 4.20. The average molecular weight is 429 g/mol. The molecule has 6 nitrogen and oxygen atoms in total. The molecule has 1 unspecified atom stereocenters. The molecule has 1 atom stereocenters. The number of aromatic nitrogens is 2. The molecule has 0 saturated carbocycles. The molecule has 152 valence electrons. The van der Waals surface area contributed by atoms with Gasteiger partial charge < -0.3 is 15.4 Å². The molecule has 0 aliphatic carbocycles. The zero-order valence-corrected chi connectivity index (χ0v) is 18.3. The first-order valence-electron chi connectivity index (χ1n) is 9.23. The third kappa shape index (κ3) is 6.03. The highest BCUT2D eigenvalue weighted by Gasteiger charge is 2.24. The number of anilines is 2.